The summed E-state index contributed by atoms with van der Waals surface area (Å²) >= 11 is 0. The summed E-state index contributed by atoms with van der Waals surface area (Å²) in [5, 5.41) is 4.60. The molecule has 0 radical (unpaired) electrons. The summed E-state index contributed by atoms with van der Waals surface area (Å²) in [7, 11) is 0. The van der Waals surface area contributed by atoms with Crippen LogP contribution in [-0.2, 0) is 4.79 Å². The zero-order valence-electron chi connectivity index (χ0n) is 13.0. The van der Waals surface area contributed by atoms with Crippen molar-refractivity contribution in [2.24, 2.45) is 0 Å². The maximum absolute atomic E-state index is 12.4. The second-order valence-corrected chi connectivity index (χ2v) is 5.61. The van der Waals surface area contributed by atoms with E-state index in [2.05, 4.69) is 5.32 Å². The highest BCUT2D eigenvalue weighted by atomic mass is 16.2. The summed E-state index contributed by atoms with van der Waals surface area (Å²) in [4.78, 5) is 37.6. The average Bonchev–Trinajstić information content (AvgIpc) is 2.78. The number of amides is 3. The van der Waals surface area contributed by atoms with Crippen LogP contribution in [0, 0.1) is 0 Å². The molecular formula is C18H18N2O3. The van der Waals surface area contributed by atoms with Gasteiger partial charge < -0.3 is 5.32 Å². The molecule has 0 aromatic heterocycles. The highest BCUT2D eigenvalue weighted by molar-refractivity contribution is 6.23. The number of nitrogens with zero attached hydrogens (tertiary/aromatic N) is 1. The van der Waals surface area contributed by atoms with Crippen LogP contribution in [0.5, 0.6) is 0 Å². The van der Waals surface area contributed by atoms with Gasteiger partial charge in [0.25, 0.3) is 11.8 Å². The van der Waals surface area contributed by atoms with E-state index in [9.17, 15) is 14.4 Å². The van der Waals surface area contributed by atoms with E-state index in [0.29, 0.717) is 17.5 Å². The van der Waals surface area contributed by atoms with Crippen LogP contribution in [0.2, 0.25) is 0 Å². The van der Waals surface area contributed by atoms with Crippen LogP contribution in [0.25, 0.3) is 10.8 Å². The van der Waals surface area contributed by atoms with Crippen LogP contribution in [0.3, 0.4) is 0 Å². The van der Waals surface area contributed by atoms with E-state index in [1.165, 1.54) is 4.90 Å². The molecule has 1 heterocycles. The molecule has 23 heavy (non-hydrogen) atoms. The number of carbonyl (C=O) groups excluding carboxylic acids is 3. The minimum Gasteiger partial charge on any atom is -0.354 e. The molecule has 0 bridgehead atoms. The Bertz CT molecular complexity index is 743. The number of hydrogen-bond acceptors (Lipinski definition) is 3. The van der Waals surface area contributed by atoms with Crippen molar-refractivity contribution < 1.29 is 14.4 Å². The molecule has 3 rings (SSSR count). The standard InChI is InChI=1S/C18H18N2O3/c1-2-5-16(21)19-8-9-20-17(22)14-10-12-6-3-4-7-13(12)11-15(14)18(20)23/h3-4,6-7,10-11H,2,5,8-9H2,1H3,(H,19,21). The van der Waals surface area contributed by atoms with Crippen molar-refractivity contribution in [3.05, 3.63) is 47.5 Å². The molecule has 0 aliphatic carbocycles. The number of imide groups is 1. The first-order valence-electron chi connectivity index (χ1n) is 7.77. The van der Waals surface area contributed by atoms with Gasteiger partial charge in [-0.05, 0) is 29.3 Å². The summed E-state index contributed by atoms with van der Waals surface area (Å²) in [6.45, 7) is 2.40. The molecule has 0 saturated heterocycles. The normalized spacial score (nSPS) is 13.5. The zero-order valence-corrected chi connectivity index (χ0v) is 13.0. The molecule has 2 aromatic rings. The summed E-state index contributed by atoms with van der Waals surface area (Å²) in [6.07, 6.45) is 1.22. The maximum Gasteiger partial charge on any atom is 0.261 e. The van der Waals surface area contributed by atoms with E-state index < -0.39 is 0 Å². The topological polar surface area (TPSA) is 66.5 Å². The van der Waals surface area contributed by atoms with Gasteiger partial charge in [0.05, 0.1) is 11.1 Å². The number of hydrogen-bond donors (Lipinski definition) is 1. The van der Waals surface area contributed by atoms with Crippen LogP contribution >= 0.6 is 0 Å². The van der Waals surface area contributed by atoms with E-state index in [4.69, 9.17) is 0 Å². The molecule has 1 aliphatic heterocycles. The average molecular weight is 310 g/mol. The first-order valence-corrected chi connectivity index (χ1v) is 7.77. The lowest BCUT2D eigenvalue weighted by Gasteiger charge is -2.14. The van der Waals surface area contributed by atoms with Gasteiger partial charge in [-0.3, -0.25) is 19.3 Å². The molecule has 2 aromatic carbocycles. The summed E-state index contributed by atoms with van der Waals surface area (Å²) in [5.74, 6) is -0.643. The van der Waals surface area contributed by atoms with Gasteiger partial charge in [-0.2, -0.15) is 0 Å². The molecule has 0 saturated carbocycles. The van der Waals surface area contributed by atoms with Gasteiger partial charge in [0, 0.05) is 19.5 Å². The van der Waals surface area contributed by atoms with E-state index in [1.807, 2.05) is 31.2 Å². The third-order valence-corrected chi connectivity index (χ3v) is 3.97. The quantitative estimate of drug-likeness (QED) is 0.862. The minimum atomic E-state index is -0.291. The molecule has 118 valence electrons. The van der Waals surface area contributed by atoms with Crippen molar-refractivity contribution in [1.82, 2.24) is 10.2 Å². The van der Waals surface area contributed by atoms with Crippen LogP contribution in [0.4, 0.5) is 0 Å². The molecular weight excluding hydrogens is 292 g/mol. The SMILES string of the molecule is CCCC(=O)NCCN1C(=O)c2cc3ccccc3cc2C1=O. The van der Waals surface area contributed by atoms with Crippen molar-refractivity contribution in [3.8, 4) is 0 Å². The van der Waals surface area contributed by atoms with Crippen molar-refractivity contribution in [2.45, 2.75) is 19.8 Å². The molecule has 3 amide bonds. The first-order chi connectivity index (χ1) is 11.1. The zero-order chi connectivity index (χ0) is 16.4. The Morgan fingerprint density at radius 2 is 1.61 bits per heavy atom. The van der Waals surface area contributed by atoms with Gasteiger partial charge in [0.2, 0.25) is 5.91 Å². The van der Waals surface area contributed by atoms with Crippen LogP contribution in [0.1, 0.15) is 40.5 Å². The fourth-order valence-corrected chi connectivity index (χ4v) is 2.80. The maximum atomic E-state index is 12.4. The van der Waals surface area contributed by atoms with Crippen molar-refractivity contribution >= 4 is 28.5 Å². The second-order valence-electron chi connectivity index (χ2n) is 5.61. The Balaban J connectivity index is 1.77. The second kappa shape index (κ2) is 6.20. The highest BCUT2D eigenvalue weighted by Gasteiger charge is 2.35. The molecule has 5 heteroatoms. The fourth-order valence-electron chi connectivity index (χ4n) is 2.80. The van der Waals surface area contributed by atoms with Gasteiger partial charge in [-0.15, -0.1) is 0 Å². The molecule has 0 fully saturated rings. The molecule has 0 unspecified atom stereocenters. The van der Waals surface area contributed by atoms with Gasteiger partial charge in [0.15, 0.2) is 0 Å². The third-order valence-electron chi connectivity index (χ3n) is 3.97. The van der Waals surface area contributed by atoms with Gasteiger partial charge in [-0.25, -0.2) is 0 Å². The van der Waals surface area contributed by atoms with E-state index in [-0.39, 0.29) is 30.8 Å². The predicted molar refractivity (Wildman–Crippen MR) is 87.2 cm³/mol. The van der Waals surface area contributed by atoms with E-state index in [1.54, 1.807) is 12.1 Å². The fraction of sp³-hybridized carbons (Fsp3) is 0.278. The van der Waals surface area contributed by atoms with Crippen molar-refractivity contribution in [3.63, 3.8) is 0 Å². The Kier molecular flexibility index (Phi) is 4.10. The molecule has 5 nitrogen and oxygen atoms in total. The number of benzene rings is 2. The summed E-state index contributed by atoms with van der Waals surface area (Å²) < 4.78 is 0. The van der Waals surface area contributed by atoms with E-state index in [0.717, 1.165) is 17.2 Å². The number of rotatable bonds is 5. The minimum absolute atomic E-state index is 0.0603. The lowest BCUT2D eigenvalue weighted by Crippen LogP contribution is -2.38. The summed E-state index contributed by atoms with van der Waals surface area (Å²) in [6, 6.07) is 11.2. The monoisotopic (exact) mass is 310 g/mol. The Hall–Kier alpha value is -2.69. The number of nitrogens with one attached hydrogen (secondary N) is 1. The van der Waals surface area contributed by atoms with Gasteiger partial charge in [-0.1, -0.05) is 31.2 Å². The number of fused-ring (bicyclic) bond motifs is 2. The van der Waals surface area contributed by atoms with Crippen LogP contribution in [-0.4, -0.2) is 35.7 Å². The molecule has 1 aliphatic rings. The first kappa shape index (κ1) is 15.2. The Morgan fingerprint density at radius 1 is 1.04 bits per heavy atom. The predicted octanol–water partition coefficient (Wildman–Crippen LogP) is 2.35. The summed E-state index contributed by atoms with van der Waals surface area (Å²) in [5.41, 5.74) is 0.877. The van der Waals surface area contributed by atoms with E-state index >= 15 is 0 Å². The Labute approximate surface area is 134 Å². The largest absolute Gasteiger partial charge is 0.354 e. The van der Waals surface area contributed by atoms with Gasteiger partial charge in [0.1, 0.15) is 0 Å². The Morgan fingerprint density at radius 3 is 2.13 bits per heavy atom. The molecule has 1 N–H and O–H groups in total. The van der Waals surface area contributed by atoms with Crippen LogP contribution in [0.15, 0.2) is 36.4 Å². The van der Waals surface area contributed by atoms with Crippen LogP contribution < -0.4 is 5.32 Å². The molecule has 0 spiro atoms. The van der Waals surface area contributed by atoms with Crippen molar-refractivity contribution in [1.29, 1.82) is 0 Å². The highest BCUT2D eigenvalue weighted by Crippen LogP contribution is 2.27. The lowest BCUT2D eigenvalue weighted by atomic mass is 10.0. The van der Waals surface area contributed by atoms with Gasteiger partial charge >= 0.3 is 0 Å². The third kappa shape index (κ3) is 2.82. The van der Waals surface area contributed by atoms with Crippen molar-refractivity contribution in [2.75, 3.05) is 13.1 Å². The number of carbonyl (C=O) groups is 3. The molecule has 0 atom stereocenters. The smallest absolute Gasteiger partial charge is 0.261 e. The lowest BCUT2D eigenvalue weighted by molar-refractivity contribution is -0.121.